The van der Waals surface area contributed by atoms with Gasteiger partial charge in [-0.15, -0.1) is 0 Å². The molecule has 0 radical (unpaired) electrons. The number of carbonyl (C=O) groups excluding carboxylic acids is 2. The maximum atomic E-state index is 12.7. The molecule has 120 valence electrons. The van der Waals surface area contributed by atoms with Crippen LogP contribution in [0.25, 0.3) is 11.0 Å². The van der Waals surface area contributed by atoms with Crippen molar-refractivity contribution in [3.05, 3.63) is 57.3 Å². The molecule has 6 nitrogen and oxygen atoms in total. The van der Waals surface area contributed by atoms with Gasteiger partial charge in [-0.25, -0.2) is 4.98 Å². The SMILES string of the molecule is O=C1c2cnc3[nH]ncc3c2C(=O)N1CCc1ccc(Cl)cc1Cl. The largest absolute Gasteiger partial charge is 0.274 e. The summed E-state index contributed by atoms with van der Waals surface area (Å²) in [5.41, 5.74) is 1.96. The predicted molar refractivity (Wildman–Crippen MR) is 89.4 cm³/mol. The number of aromatic nitrogens is 3. The number of nitrogens with one attached hydrogen (secondary N) is 1. The quantitative estimate of drug-likeness (QED) is 0.727. The second-order valence-corrected chi connectivity index (χ2v) is 6.27. The number of rotatable bonds is 3. The number of amides is 2. The van der Waals surface area contributed by atoms with Gasteiger partial charge in [0.25, 0.3) is 11.8 Å². The molecule has 1 N–H and O–H groups in total. The van der Waals surface area contributed by atoms with Crippen LogP contribution in [0.3, 0.4) is 0 Å². The van der Waals surface area contributed by atoms with Gasteiger partial charge in [-0.05, 0) is 24.1 Å². The summed E-state index contributed by atoms with van der Waals surface area (Å²) in [5.74, 6) is -0.690. The van der Waals surface area contributed by atoms with Crippen LogP contribution >= 0.6 is 23.2 Å². The van der Waals surface area contributed by atoms with Gasteiger partial charge < -0.3 is 0 Å². The first-order valence-corrected chi connectivity index (χ1v) is 7.94. The fourth-order valence-electron chi connectivity index (χ4n) is 2.82. The summed E-state index contributed by atoms with van der Waals surface area (Å²) in [4.78, 5) is 30.5. The molecule has 24 heavy (non-hydrogen) atoms. The lowest BCUT2D eigenvalue weighted by molar-refractivity contribution is 0.0656. The number of halogens is 2. The average Bonchev–Trinajstić information content (AvgIpc) is 3.11. The molecule has 0 saturated carbocycles. The van der Waals surface area contributed by atoms with Gasteiger partial charge in [0.15, 0.2) is 5.65 Å². The number of pyridine rings is 1. The Balaban J connectivity index is 1.63. The molecule has 0 unspecified atom stereocenters. The first kappa shape index (κ1) is 15.1. The van der Waals surface area contributed by atoms with Crippen LogP contribution in [0.1, 0.15) is 26.3 Å². The predicted octanol–water partition coefficient (Wildman–Crippen LogP) is 3.10. The number of H-pyrrole nitrogens is 1. The zero-order valence-electron chi connectivity index (χ0n) is 12.2. The van der Waals surface area contributed by atoms with Gasteiger partial charge in [0, 0.05) is 22.8 Å². The van der Waals surface area contributed by atoms with Crippen molar-refractivity contribution >= 4 is 46.0 Å². The van der Waals surface area contributed by atoms with E-state index in [4.69, 9.17) is 23.2 Å². The molecule has 2 aromatic heterocycles. The van der Waals surface area contributed by atoms with Crippen molar-refractivity contribution in [3.8, 4) is 0 Å². The number of hydrogen-bond acceptors (Lipinski definition) is 4. The lowest BCUT2D eigenvalue weighted by Gasteiger charge is -2.14. The van der Waals surface area contributed by atoms with Crippen molar-refractivity contribution in [3.63, 3.8) is 0 Å². The number of nitrogens with zero attached hydrogens (tertiary/aromatic N) is 3. The van der Waals surface area contributed by atoms with Crippen molar-refractivity contribution in [2.45, 2.75) is 6.42 Å². The molecule has 3 heterocycles. The van der Waals surface area contributed by atoms with E-state index < -0.39 is 0 Å². The van der Waals surface area contributed by atoms with Crippen LogP contribution in [-0.2, 0) is 6.42 Å². The van der Waals surface area contributed by atoms with E-state index in [1.165, 1.54) is 17.3 Å². The van der Waals surface area contributed by atoms with Gasteiger partial charge in [-0.1, -0.05) is 29.3 Å². The molecule has 3 aromatic rings. The minimum Gasteiger partial charge on any atom is -0.274 e. The smallest absolute Gasteiger partial charge is 0.263 e. The van der Waals surface area contributed by atoms with E-state index in [2.05, 4.69) is 15.2 Å². The highest BCUT2D eigenvalue weighted by Crippen LogP contribution is 2.29. The van der Waals surface area contributed by atoms with Crippen molar-refractivity contribution in [1.82, 2.24) is 20.1 Å². The first-order chi connectivity index (χ1) is 11.6. The Hall–Kier alpha value is -2.44. The summed E-state index contributed by atoms with van der Waals surface area (Å²) in [6.45, 7) is 0.229. The monoisotopic (exact) mass is 360 g/mol. The van der Waals surface area contributed by atoms with Crippen LogP contribution in [0, 0.1) is 0 Å². The topological polar surface area (TPSA) is 79.0 Å². The summed E-state index contributed by atoms with van der Waals surface area (Å²) >= 11 is 12.0. The third-order valence-electron chi connectivity index (χ3n) is 4.04. The summed E-state index contributed by atoms with van der Waals surface area (Å²) in [7, 11) is 0. The molecular formula is C16H10Cl2N4O2. The van der Waals surface area contributed by atoms with Gasteiger partial charge in [0.05, 0.1) is 22.7 Å². The fourth-order valence-corrected chi connectivity index (χ4v) is 3.33. The van der Waals surface area contributed by atoms with Gasteiger partial charge in [0.1, 0.15) is 0 Å². The van der Waals surface area contributed by atoms with E-state index in [1.807, 2.05) is 0 Å². The van der Waals surface area contributed by atoms with E-state index in [0.717, 1.165) is 5.56 Å². The molecule has 1 aliphatic heterocycles. The van der Waals surface area contributed by atoms with Crippen molar-refractivity contribution in [1.29, 1.82) is 0 Å². The normalized spacial score (nSPS) is 13.8. The molecule has 1 aliphatic rings. The Morgan fingerprint density at radius 1 is 1.12 bits per heavy atom. The Morgan fingerprint density at radius 2 is 1.96 bits per heavy atom. The van der Waals surface area contributed by atoms with Gasteiger partial charge in [0.2, 0.25) is 0 Å². The maximum absolute atomic E-state index is 12.7. The lowest BCUT2D eigenvalue weighted by Crippen LogP contribution is -2.31. The number of carbonyl (C=O) groups is 2. The number of hydrogen-bond donors (Lipinski definition) is 1. The molecule has 0 saturated heterocycles. The van der Waals surface area contributed by atoms with Crippen LogP contribution < -0.4 is 0 Å². The molecule has 2 amide bonds. The van der Waals surface area contributed by atoms with E-state index in [-0.39, 0.29) is 18.4 Å². The van der Waals surface area contributed by atoms with E-state index in [1.54, 1.807) is 18.2 Å². The summed E-state index contributed by atoms with van der Waals surface area (Å²) in [6, 6.07) is 5.16. The van der Waals surface area contributed by atoms with E-state index in [0.29, 0.717) is 38.6 Å². The number of fused-ring (bicyclic) bond motifs is 3. The minimum atomic E-state index is -0.351. The standard InChI is InChI=1S/C16H10Cl2N4O2/c17-9-2-1-8(12(18)5-9)3-4-22-15(23)11-6-19-14-10(7-20-21-14)13(11)16(22)24/h1-2,5-7H,3-4H2,(H,19,20,21). The second-order valence-electron chi connectivity index (χ2n) is 5.43. The Labute approximate surface area is 146 Å². The van der Waals surface area contributed by atoms with Crippen LogP contribution in [0.5, 0.6) is 0 Å². The molecule has 0 atom stereocenters. The lowest BCUT2D eigenvalue weighted by atomic mass is 10.1. The van der Waals surface area contributed by atoms with Crippen LogP contribution in [0.4, 0.5) is 0 Å². The average molecular weight is 361 g/mol. The van der Waals surface area contributed by atoms with E-state index in [9.17, 15) is 9.59 Å². The Kier molecular flexibility index (Phi) is 3.51. The van der Waals surface area contributed by atoms with Crippen molar-refractivity contribution in [2.24, 2.45) is 0 Å². The minimum absolute atomic E-state index is 0.229. The molecule has 1 aromatic carbocycles. The molecular weight excluding hydrogens is 351 g/mol. The number of benzene rings is 1. The number of imide groups is 1. The summed E-state index contributed by atoms with van der Waals surface area (Å²) < 4.78 is 0. The summed E-state index contributed by atoms with van der Waals surface area (Å²) in [5, 5.41) is 8.18. The maximum Gasteiger partial charge on any atom is 0.263 e. The van der Waals surface area contributed by atoms with Gasteiger partial charge in [-0.3, -0.25) is 19.6 Å². The van der Waals surface area contributed by atoms with Crippen LogP contribution in [0.15, 0.2) is 30.6 Å². The number of aromatic amines is 1. The summed E-state index contributed by atoms with van der Waals surface area (Å²) in [6.07, 6.45) is 3.36. The van der Waals surface area contributed by atoms with E-state index >= 15 is 0 Å². The van der Waals surface area contributed by atoms with Gasteiger partial charge in [-0.2, -0.15) is 5.10 Å². The zero-order chi connectivity index (χ0) is 16.8. The molecule has 0 spiro atoms. The van der Waals surface area contributed by atoms with Crippen molar-refractivity contribution in [2.75, 3.05) is 6.54 Å². The highest BCUT2D eigenvalue weighted by atomic mass is 35.5. The third-order valence-corrected chi connectivity index (χ3v) is 4.62. The molecule has 4 rings (SSSR count). The zero-order valence-corrected chi connectivity index (χ0v) is 13.7. The first-order valence-electron chi connectivity index (χ1n) is 7.18. The third kappa shape index (κ3) is 2.26. The molecule has 0 bridgehead atoms. The Bertz CT molecular complexity index is 999. The van der Waals surface area contributed by atoms with Crippen molar-refractivity contribution < 1.29 is 9.59 Å². The fraction of sp³-hybridized carbons (Fsp3) is 0.125. The van der Waals surface area contributed by atoms with Crippen LogP contribution in [0.2, 0.25) is 10.0 Å². The Morgan fingerprint density at radius 3 is 2.75 bits per heavy atom. The van der Waals surface area contributed by atoms with Crippen LogP contribution in [-0.4, -0.2) is 38.4 Å². The molecule has 0 aliphatic carbocycles. The second kappa shape index (κ2) is 5.58. The molecule has 8 heteroatoms. The molecule has 0 fully saturated rings. The van der Waals surface area contributed by atoms with Gasteiger partial charge >= 0.3 is 0 Å². The highest BCUT2D eigenvalue weighted by Gasteiger charge is 2.37. The highest BCUT2D eigenvalue weighted by molar-refractivity contribution is 6.35.